The van der Waals surface area contributed by atoms with E-state index in [1.807, 2.05) is 29.1 Å². The van der Waals surface area contributed by atoms with Crippen LogP contribution in [0.2, 0.25) is 0 Å². The lowest BCUT2D eigenvalue weighted by molar-refractivity contribution is -0.121. The molecule has 102 valence electrons. The number of rotatable bonds is 6. The molecule has 2 aromatic rings. The van der Waals surface area contributed by atoms with Gasteiger partial charge in [-0.15, -0.1) is 11.3 Å². The molecule has 0 spiro atoms. The molecule has 0 saturated carbocycles. The maximum atomic E-state index is 11.8. The topological polar surface area (TPSA) is 62.2 Å². The summed E-state index contributed by atoms with van der Waals surface area (Å²) in [7, 11) is 0. The molecule has 0 aliphatic carbocycles. The number of aliphatic hydroxyl groups excluding tert-OH is 1. The second-order valence-corrected chi connectivity index (χ2v) is 5.95. The van der Waals surface area contributed by atoms with Gasteiger partial charge in [0.25, 0.3) is 0 Å². The van der Waals surface area contributed by atoms with Crippen LogP contribution in [-0.2, 0) is 11.2 Å². The summed E-state index contributed by atoms with van der Waals surface area (Å²) in [6.07, 6.45) is 0.860. The molecule has 0 fully saturated rings. The Balaban J connectivity index is 1.91. The van der Waals surface area contributed by atoms with Gasteiger partial charge in [0.15, 0.2) is 0 Å². The second-order valence-electron chi connectivity index (χ2n) is 4.31. The van der Waals surface area contributed by atoms with Crippen molar-refractivity contribution in [2.75, 3.05) is 6.61 Å². The molecule has 1 unspecified atom stereocenters. The number of thiazole rings is 1. The van der Waals surface area contributed by atoms with E-state index in [2.05, 4.69) is 10.3 Å². The molecule has 1 amide bonds. The molecule has 2 rings (SSSR count). The number of nitrogens with zero attached hydrogens (tertiary/aromatic N) is 1. The van der Waals surface area contributed by atoms with Crippen LogP contribution in [0.25, 0.3) is 10.6 Å². The summed E-state index contributed by atoms with van der Waals surface area (Å²) >= 11 is 3.19. The summed E-state index contributed by atoms with van der Waals surface area (Å²) in [4.78, 5) is 16.2. The van der Waals surface area contributed by atoms with Crippen molar-refractivity contribution in [3.8, 4) is 10.6 Å². The van der Waals surface area contributed by atoms with Gasteiger partial charge < -0.3 is 10.4 Å². The maximum Gasteiger partial charge on any atom is 0.226 e. The van der Waals surface area contributed by atoms with Crippen LogP contribution in [-0.4, -0.2) is 28.6 Å². The van der Waals surface area contributed by atoms with Crippen LogP contribution in [0, 0.1) is 0 Å². The lowest BCUT2D eigenvalue weighted by Gasteiger charge is -2.11. The molecule has 0 aliphatic rings. The molecule has 0 saturated heterocycles. The first kappa shape index (κ1) is 14.2. The number of aliphatic hydroxyl groups is 1. The van der Waals surface area contributed by atoms with Gasteiger partial charge in [0.05, 0.1) is 12.1 Å². The van der Waals surface area contributed by atoms with Gasteiger partial charge in [-0.3, -0.25) is 4.79 Å². The highest BCUT2D eigenvalue weighted by Crippen LogP contribution is 2.25. The highest BCUT2D eigenvalue weighted by molar-refractivity contribution is 7.14. The van der Waals surface area contributed by atoms with E-state index in [0.717, 1.165) is 16.3 Å². The Kier molecular flexibility index (Phi) is 5.07. The molecule has 1 atom stereocenters. The Morgan fingerprint density at radius 1 is 1.53 bits per heavy atom. The number of aromatic nitrogens is 1. The minimum atomic E-state index is -0.0527. The summed E-state index contributed by atoms with van der Waals surface area (Å²) in [6.45, 7) is 1.96. The summed E-state index contributed by atoms with van der Waals surface area (Å²) in [6, 6.07) is 2.02. The van der Waals surface area contributed by atoms with Crippen molar-refractivity contribution in [1.82, 2.24) is 10.3 Å². The maximum absolute atomic E-state index is 11.8. The van der Waals surface area contributed by atoms with E-state index < -0.39 is 0 Å². The normalized spacial score (nSPS) is 12.3. The number of carbonyl (C=O) groups excluding carboxylic acids is 1. The highest BCUT2D eigenvalue weighted by Gasteiger charge is 2.11. The standard InChI is InChI=1S/C13H16N2O2S2/c1-9(2-4-16)14-12(17)6-11-8-19-13(15-11)10-3-5-18-7-10/h3,5,7-9,16H,2,4,6H2,1H3,(H,14,17). The zero-order chi connectivity index (χ0) is 13.7. The highest BCUT2D eigenvalue weighted by atomic mass is 32.1. The van der Waals surface area contributed by atoms with Crippen LogP contribution in [0.4, 0.5) is 0 Å². The first-order valence-corrected chi connectivity index (χ1v) is 7.88. The van der Waals surface area contributed by atoms with Crippen molar-refractivity contribution in [3.05, 3.63) is 27.9 Å². The summed E-state index contributed by atoms with van der Waals surface area (Å²) in [5.74, 6) is -0.0527. The van der Waals surface area contributed by atoms with Gasteiger partial charge in [0.2, 0.25) is 5.91 Å². The Morgan fingerprint density at radius 3 is 3.05 bits per heavy atom. The van der Waals surface area contributed by atoms with Crippen molar-refractivity contribution in [3.63, 3.8) is 0 Å². The molecule has 2 aromatic heterocycles. The predicted molar refractivity (Wildman–Crippen MR) is 78.4 cm³/mol. The number of carbonyl (C=O) groups is 1. The SMILES string of the molecule is CC(CCO)NC(=O)Cc1csc(-c2ccsc2)n1. The predicted octanol–water partition coefficient (Wildman–Crippen LogP) is 2.30. The van der Waals surface area contributed by atoms with Crippen molar-refractivity contribution in [2.45, 2.75) is 25.8 Å². The Bertz CT molecular complexity index is 522. The van der Waals surface area contributed by atoms with Crippen LogP contribution >= 0.6 is 22.7 Å². The molecular formula is C13H16N2O2S2. The average molecular weight is 296 g/mol. The third-order valence-electron chi connectivity index (χ3n) is 2.63. The first-order valence-electron chi connectivity index (χ1n) is 6.06. The molecule has 4 nitrogen and oxygen atoms in total. The third kappa shape index (κ3) is 4.12. The van der Waals surface area contributed by atoms with Gasteiger partial charge >= 0.3 is 0 Å². The van der Waals surface area contributed by atoms with Gasteiger partial charge in [0, 0.05) is 29.0 Å². The van der Waals surface area contributed by atoms with Gasteiger partial charge in [-0.1, -0.05) is 0 Å². The third-order valence-corrected chi connectivity index (χ3v) is 4.25. The van der Waals surface area contributed by atoms with E-state index in [-0.39, 0.29) is 25.0 Å². The fourth-order valence-electron chi connectivity index (χ4n) is 1.66. The summed E-state index contributed by atoms with van der Waals surface area (Å²) < 4.78 is 0. The number of thiophene rings is 1. The molecule has 6 heteroatoms. The second kappa shape index (κ2) is 6.79. The molecule has 19 heavy (non-hydrogen) atoms. The van der Waals surface area contributed by atoms with Gasteiger partial charge in [-0.05, 0) is 24.8 Å². The average Bonchev–Trinajstić information content (AvgIpc) is 2.98. The monoisotopic (exact) mass is 296 g/mol. The Morgan fingerprint density at radius 2 is 2.37 bits per heavy atom. The molecular weight excluding hydrogens is 280 g/mol. The number of amides is 1. The van der Waals surface area contributed by atoms with Crippen LogP contribution in [0.1, 0.15) is 19.0 Å². The van der Waals surface area contributed by atoms with E-state index in [9.17, 15) is 4.79 Å². The van der Waals surface area contributed by atoms with Crippen LogP contribution in [0.5, 0.6) is 0 Å². The van der Waals surface area contributed by atoms with E-state index in [0.29, 0.717) is 6.42 Å². The molecule has 0 aromatic carbocycles. The minimum Gasteiger partial charge on any atom is -0.396 e. The van der Waals surface area contributed by atoms with E-state index in [1.165, 1.54) is 0 Å². The van der Waals surface area contributed by atoms with E-state index in [1.54, 1.807) is 22.7 Å². The van der Waals surface area contributed by atoms with E-state index in [4.69, 9.17) is 5.11 Å². The van der Waals surface area contributed by atoms with Gasteiger partial charge in [0.1, 0.15) is 5.01 Å². The Labute approximate surface area is 120 Å². The van der Waals surface area contributed by atoms with Gasteiger partial charge in [-0.2, -0.15) is 11.3 Å². The molecule has 0 radical (unpaired) electrons. The molecule has 2 N–H and O–H groups in total. The van der Waals surface area contributed by atoms with Gasteiger partial charge in [-0.25, -0.2) is 4.98 Å². The van der Waals surface area contributed by atoms with Crippen molar-refractivity contribution < 1.29 is 9.90 Å². The lowest BCUT2D eigenvalue weighted by Crippen LogP contribution is -2.34. The fourth-order valence-corrected chi connectivity index (χ4v) is 3.19. The smallest absolute Gasteiger partial charge is 0.226 e. The van der Waals surface area contributed by atoms with Crippen LogP contribution < -0.4 is 5.32 Å². The van der Waals surface area contributed by atoms with Crippen LogP contribution in [0.15, 0.2) is 22.2 Å². The largest absolute Gasteiger partial charge is 0.396 e. The summed E-state index contributed by atoms with van der Waals surface area (Å²) in [5, 5.41) is 18.6. The Hall–Kier alpha value is -1.24. The summed E-state index contributed by atoms with van der Waals surface area (Å²) in [5.41, 5.74) is 1.90. The minimum absolute atomic E-state index is 0.00696. The molecule has 0 bridgehead atoms. The molecule has 0 aliphatic heterocycles. The van der Waals surface area contributed by atoms with Crippen molar-refractivity contribution >= 4 is 28.6 Å². The van der Waals surface area contributed by atoms with Crippen molar-refractivity contribution in [2.24, 2.45) is 0 Å². The zero-order valence-electron chi connectivity index (χ0n) is 10.6. The molecule has 2 heterocycles. The first-order chi connectivity index (χ1) is 9.19. The van der Waals surface area contributed by atoms with Crippen LogP contribution in [0.3, 0.4) is 0 Å². The number of hydrogen-bond donors (Lipinski definition) is 2. The number of nitrogens with one attached hydrogen (secondary N) is 1. The fraction of sp³-hybridized carbons (Fsp3) is 0.385. The van der Waals surface area contributed by atoms with Crippen molar-refractivity contribution in [1.29, 1.82) is 0 Å². The zero-order valence-corrected chi connectivity index (χ0v) is 12.3. The lowest BCUT2D eigenvalue weighted by atomic mass is 10.2. The number of hydrogen-bond acceptors (Lipinski definition) is 5. The van der Waals surface area contributed by atoms with E-state index >= 15 is 0 Å². The quantitative estimate of drug-likeness (QED) is 0.860.